The number of fused-ring (bicyclic) bond motifs is 1. The van der Waals surface area contributed by atoms with Gasteiger partial charge >= 0.3 is 0 Å². The summed E-state index contributed by atoms with van der Waals surface area (Å²) in [6.45, 7) is 9.57. The van der Waals surface area contributed by atoms with E-state index in [1.165, 1.54) is 12.8 Å². The molecule has 2 aliphatic carbocycles. The summed E-state index contributed by atoms with van der Waals surface area (Å²) in [6, 6.07) is 0.400. The Bertz CT molecular complexity index is 273. The molecule has 0 aromatic heterocycles. The molecule has 0 bridgehead atoms. The fourth-order valence-corrected chi connectivity index (χ4v) is 3.80. The van der Waals surface area contributed by atoms with Crippen LogP contribution in [0.5, 0.6) is 0 Å². The monoisotopic (exact) mass is 193 g/mol. The highest BCUT2D eigenvalue weighted by atomic mass is 14.7. The van der Waals surface area contributed by atoms with Crippen LogP contribution in [0.15, 0.2) is 11.6 Å². The molecule has 14 heavy (non-hydrogen) atoms. The molecule has 2 aliphatic rings. The van der Waals surface area contributed by atoms with Gasteiger partial charge in [-0.05, 0) is 36.0 Å². The summed E-state index contributed by atoms with van der Waals surface area (Å²) < 4.78 is 0. The zero-order valence-electron chi connectivity index (χ0n) is 9.93. The highest BCUT2D eigenvalue weighted by Gasteiger charge is 2.49. The van der Waals surface area contributed by atoms with E-state index < -0.39 is 0 Å². The highest BCUT2D eigenvalue weighted by molar-refractivity contribution is 5.27. The zero-order chi connectivity index (χ0) is 10.6. The molecule has 0 radical (unpaired) electrons. The van der Waals surface area contributed by atoms with Crippen molar-refractivity contribution in [2.45, 2.75) is 53.0 Å². The standard InChI is InChI=1S/C13H23N/c1-12(2)8-13(3,4)11-7-9(14)5-6-10(11)12/h6,9,11H,5,7-8,14H2,1-4H3. The van der Waals surface area contributed by atoms with E-state index in [1.54, 1.807) is 5.57 Å². The molecule has 0 aromatic carbocycles. The minimum absolute atomic E-state index is 0.400. The van der Waals surface area contributed by atoms with Crippen LogP contribution in [0.1, 0.15) is 47.0 Å². The summed E-state index contributed by atoms with van der Waals surface area (Å²) in [6.07, 6.45) is 6.02. The molecule has 2 rings (SSSR count). The summed E-state index contributed by atoms with van der Waals surface area (Å²) in [5.41, 5.74) is 8.60. The van der Waals surface area contributed by atoms with Crippen LogP contribution < -0.4 is 5.73 Å². The Morgan fingerprint density at radius 3 is 2.57 bits per heavy atom. The summed E-state index contributed by atoms with van der Waals surface area (Å²) >= 11 is 0. The number of allylic oxidation sites excluding steroid dienone is 1. The van der Waals surface area contributed by atoms with Gasteiger partial charge in [-0.25, -0.2) is 0 Å². The van der Waals surface area contributed by atoms with Crippen LogP contribution >= 0.6 is 0 Å². The van der Waals surface area contributed by atoms with Crippen molar-refractivity contribution in [2.24, 2.45) is 22.5 Å². The fourth-order valence-electron chi connectivity index (χ4n) is 3.80. The molecule has 1 fully saturated rings. The second-order valence-electron chi connectivity index (χ2n) is 6.49. The maximum atomic E-state index is 6.06. The van der Waals surface area contributed by atoms with Crippen molar-refractivity contribution >= 4 is 0 Å². The van der Waals surface area contributed by atoms with Crippen molar-refractivity contribution in [1.29, 1.82) is 0 Å². The van der Waals surface area contributed by atoms with E-state index in [0.29, 0.717) is 16.9 Å². The Morgan fingerprint density at radius 1 is 1.29 bits per heavy atom. The first kappa shape index (κ1) is 10.2. The van der Waals surface area contributed by atoms with Crippen molar-refractivity contribution in [3.63, 3.8) is 0 Å². The van der Waals surface area contributed by atoms with Crippen molar-refractivity contribution < 1.29 is 0 Å². The smallest absolute Gasteiger partial charge is 0.00794 e. The van der Waals surface area contributed by atoms with E-state index in [0.717, 1.165) is 12.3 Å². The molecule has 1 heteroatoms. The molecule has 80 valence electrons. The number of hydrogen-bond donors (Lipinski definition) is 1. The van der Waals surface area contributed by atoms with Gasteiger partial charge in [0.05, 0.1) is 0 Å². The van der Waals surface area contributed by atoms with Crippen LogP contribution in [0.3, 0.4) is 0 Å². The zero-order valence-corrected chi connectivity index (χ0v) is 9.93. The highest BCUT2D eigenvalue weighted by Crippen LogP contribution is 2.58. The third-order valence-electron chi connectivity index (χ3n) is 4.18. The first-order valence-corrected chi connectivity index (χ1v) is 5.79. The van der Waals surface area contributed by atoms with E-state index in [-0.39, 0.29) is 0 Å². The van der Waals surface area contributed by atoms with E-state index in [1.807, 2.05) is 0 Å². The van der Waals surface area contributed by atoms with Crippen molar-refractivity contribution in [1.82, 2.24) is 0 Å². The predicted molar refractivity (Wildman–Crippen MR) is 61.0 cm³/mol. The lowest BCUT2D eigenvalue weighted by atomic mass is 9.74. The Kier molecular flexibility index (Phi) is 2.08. The fraction of sp³-hybridized carbons (Fsp3) is 0.846. The van der Waals surface area contributed by atoms with Crippen LogP contribution in [0.25, 0.3) is 0 Å². The van der Waals surface area contributed by atoms with Crippen molar-refractivity contribution in [2.75, 3.05) is 0 Å². The lowest BCUT2D eigenvalue weighted by Crippen LogP contribution is -2.31. The van der Waals surface area contributed by atoms with Crippen LogP contribution in [0.4, 0.5) is 0 Å². The summed E-state index contributed by atoms with van der Waals surface area (Å²) in [7, 11) is 0. The maximum absolute atomic E-state index is 6.06. The van der Waals surface area contributed by atoms with Gasteiger partial charge in [0.2, 0.25) is 0 Å². The molecule has 0 spiro atoms. The van der Waals surface area contributed by atoms with Gasteiger partial charge in [-0.1, -0.05) is 39.3 Å². The minimum Gasteiger partial charge on any atom is -0.327 e. The molecule has 2 atom stereocenters. The molecule has 0 aromatic rings. The molecular formula is C13H23N. The molecule has 2 unspecified atom stereocenters. The molecule has 2 N–H and O–H groups in total. The Hall–Kier alpha value is -0.300. The average Bonchev–Trinajstić information content (AvgIpc) is 2.17. The molecule has 1 nitrogen and oxygen atoms in total. The lowest BCUT2D eigenvalue weighted by molar-refractivity contribution is 0.235. The molecule has 0 heterocycles. The van der Waals surface area contributed by atoms with Gasteiger partial charge < -0.3 is 5.73 Å². The van der Waals surface area contributed by atoms with Crippen LogP contribution in [0, 0.1) is 16.7 Å². The van der Waals surface area contributed by atoms with Gasteiger partial charge in [-0.2, -0.15) is 0 Å². The molecule has 1 saturated carbocycles. The number of hydrogen-bond acceptors (Lipinski definition) is 1. The van der Waals surface area contributed by atoms with Crippen LogP contribution in [0.2, 0.25) is 0 Å². The summed E-state index contributed by atoms with van der Waals surface area (Å²) in [5, 5.41) is 0. The first-order chi connectivity index (χ1) is 6.33. The molecule has 0 aliphatic heterocycles. The topological polar surface area (TPSA) is 26.0 Å². The molecular weight excluding hydrogens is 170 g/mol. The summed E-state index contributed by atoms with van der Waals surface area (Å²) in [5.74, 6) is 0.737. The normalized spacial score (nSPS) is 39.1. The minimum atomic E-state index is 0.400. The van der Waals surface area contributed by atoms with Gasteiger partial charge in [0.25, 0.3) is 0 Å². The van der Waals surface area contributed by atoms with Gasteiger partial charge in [0.15, 0.2) is 0 Å². The van der Waals surface area contributed by atoms with Crippen molar-refractivity contribution in [3.8, 4) is 0 Å². The van der Waals surface area contributed by atoms with Crippen molar-refractivity contribution in [3.05, 3.63) is 11.6 Å². The summed E-state index contributed by atoms with van der Waals surface area (Å²) in [4.78, 5) is 0. The quantitative estimate of drug-likeness (QED) is 0.588. The van der Waals surface area contributed by atoms with Crippen LogP contribution in [-0.4, -0.2) is 6.04 Å². The maximum Gasteiger partial charge on any atom is 0.00794 e. The lowest BCUT2D eigenvalue weighted by Gasteiger charge is -2.33. The number of nitrogens with two attached hydrogens (primary N) is 1. The first-order valence-electron chi connectivity index (χ1n) is 5.79. The van der Waals surface area contributed by atoms with E-state index >= 15 is 0 Å². The Labute approximate surface area is 87.8 Å². The Morgan fingerprint density at radius 2 is 1.93 bits per heavy atom. The van der Waals surface area contributed by atoms with Gasteiger partial charge in [-0.15, -0.1) is 0 Å². The third kappa shape index (κ3) is 1.42. The third-order valence-corrected chi connectivity index (χ3v) is 4.18. The largest absolute Gasteiger partial charge is 0.327 e. The van der Waals surface area contributed by atoms with Gasteiger partial charge in [0, 0.05) is 6.04 Å². The molecule has 0 amide bonds. The predicted octanol–water partition coefficient (Wildman–Crippen LogP) is 3.11. The van der Waals surface area contributed by atoms with Gasteiger partial charge in [0.1, 0.15) is 0 Å². The SMILES string of the molecule is CC1(C)CC(C)(C)C2CC(N)CC=C21. The number of rotatable bonds is 0. The van der Waals surface area contributed by atoms with Gasteiger partial charge in [-0.3, -0.25) is 0 Å². The average molecular weight is 193 g/mol. The second-order valence-corrected chi connectivity index (χ2v) is 6.49. The van der Waals surface area contributed by atoms with E-state index in [9.17, 15) is 0 Å². The van der Waals surface area contributed by atoms with E-state index in [4.69, 9.17) is 5.73 Å². The Balaban J connectivity index is 2.37. The second kappa shape index (κ2) is 2.85. The van der Waals surface area contributed by atoms with Crippen LogP contribution in [-0.2, 0) is 0 Å². The molecule has 0 saturated heterocycles. The van der Waals surface area contributed by atoms with E-state index in [2.05, 4.69) is 33.8 Å².